The molecule has 0 fully saturated rings. The van der Waals surface area contributed by atoms with Gasteiger partial charge in [0.25, 0.3) is 0 Å². The van der Waals surface area contributed by atoms with E-state index in [0.717, 1.165) is 0 Å². The Hall–Kier alpha value is -0.0400. The fraction of sp³-hybridized carbons (Fsp3) is 1.00. The van der Waals surface area contributed by atoms with Gasteiger partial charge < -0.3 is 4.74 Å². The monoisotopic (exact) mass is 144 g/mol. The average Bonchev–Trinajstić information content (AvgIpc) is 1.89. The molecule has 0 aliphatic carbocycles. The average molecular weight is 144 g/mol. The summed E-state index contributed by atoms with van der Waals surface area (Å²) < 4.78 is 5.42. The highest BCUT2D eigenvalue weighted by Gasteiger charge is 2.20. The summed E-state index contributed by atoms with van der Waals surface area (Å²) >= 11 is 0. The zero-order chi connectivity index (χ0) is 8.04. The predicted molar refractivity (Wildman–Crippen MR) is 45.2 cm³/mol. The van der Waals surface area contributed by atoms with Gasteiger partial charge in [0.1, 0.15) is 0 Å². The van der Waals surface area contributed by atoms with Gasteiger partial charge >= 0.3 is 0 Å². The number of hydrogen-bond acceptors (Lipinski definition) is 1. The quantitative estimate of drug-likeness (QED) is 0.576. The maximum absolute atomic E-state index is 5.42. The lowest BCUT2D eigenvalue weighted by atomic mass is 9.95. The lowest BCUT2D eigenvalue weighted by molar-refractivity contribution is -0.00920. The van der Waals surface area contributed by atoms with Crippen LogP contribution in [0.3, 0.4) is 0 Å². The van der Waals surface area contributed by atoms with Crippen LogP contribution in [0.5, 0.6) is 0 Å². The first-order valence-corrected chi connectivity index (χ1v) is 4.23. The Balaban J connectivity index is 3.69. The Kier molecular flexibility index (Phi) is 4.71. The Morgan fingerprint density at radius 1 is 1.10 bits per heavy atom. The fourth-order valence-corrected chi connectivity index (χ4v) is 1.39. The molecule has 0 aliphatic heterocycles. The minimum absolute atomic E-state index is 0.142. The van der Waals surface area contributed by atoms with E-state index in [-0.39, 0.29) is 5.60 Å². The van der Waals surface area contributed by atoms with Crippen LogP contribution in [0, 0.1) is 0 Å². The Labute approximate surface area is 64.8 Å². The van der Waals surface area contributed by atoms with Crippen LogP contribution in [0.15, 0.2) is 0 Å². The summed E-state index contributed by atoms with van der Waals surface area (Å²) in [5.41, 5.74) is 0.142. The van der Waals surface area contributed by atoms with E-state index >= 15 is 0 Å². The normalized spacial score (nSPS) is 12.0. The van der Waals surface area contributed by atoms with E-state index in [9.17, 15) is 0 Å². The molecule has 0 atom stereocenters. The maximum atomic E-state index is 5.42. The topological polar surface area (TPSA) is 9.23 Å². The van der Waals surface area contributed by atoms with Gasteiger partial charge in [0.15, 0.2) is 0 Å². The molecule has 0 aliphatic rings. The third kappa shape index (κ3) is 3.21. The molecular formula is C9H20O. The van der Waals surface area contributed by atoms with Crippen LogP contribution in [0.4, 0.5) is 0 Å². The molecule has 0 saturated heterocycles. The van der Waals surface area contributed by atoms with Crippen LogP contribution >= 0.6 is 0 Å². The third-order valence-electron chi connectivity index (χ3n) is 2.05. The standard InChI is InChI=1S/C9H20O/c1-5-7-9(3,10-4)8-6-2/h5-8H2,1-4H3. The van der Waals surface area contributed by atoms with Gasteiger partial charge in [-0.1, -0.05) is 26.7 Å². The van der Waals surface area contributed by atoms with Gasteiger partial charge in [-0.2, -0.15) is 0 Å². The van der Waals surface area contributed by atoms with E-state index in [1.54, 1.807) is 0 Å². The second-order valence-corrected chi connectivity index (χ2v) is 3.15. The lowest BCUT2D eigenvalue weighted by Crippen LogP contribution is -2.26. The molecule has 0 saturated carbocycles. The molecule has 0 heterocycles. The molecule has 0 aromatic heterocycles. The molecule has 0 aromatic carbocycles. The molecule has 62 valence electrons. The minimum atomic E-state index is 0.142. The van der Waals surface area contributed by atoms with Gasteiger partial charge in [0.05, 0.1) is 5.60 Å². The van der Waals surface area contributed by atoms with Crippen molar-refractivity contribution in [1.82, 2.24) is 0 Å². The zero-order valence-corrected chi connectivity index (χ0v) is 7.74. The molecule has 1 heteroatoms. The smallest absolute Gasteiger partial charge is 0.0650 e. The minimum Gasteiger partial charge on any atom is -0.379 e. The zero-order valence-electron chi connectivity index (χ0n) is 7.74. The van der Waals surface area contributed by atoms with Gasteiger partial charge in [0, 0.05) is 7.11 Å². The van der Waals surface area contributed by atoms with Crippen molar-refractivity contribution in [2.45, 2.75) is 52.1 Å². The van der Waals surface area contributed by atoms with Crippen molar-refractivity contribution < 1.29 is 4.74 Å². The van der Waals surface area contributed by atoms with Gasteiger partial charge in [-0.05, 0) is 19.8 Å². The summed E-state index contributed by atoms with van der Waals surface area (Å²) in [5, 5.41) is 0. The molecule has 0 radical (unpaired) electrons. The van der Waals surface area contributed by atoms with Crippen molar-refractivity contribution in [3.63, 3.8) is 0 Å². The highest BCUT2D eigenvalue weighted by atomic mass is 16.5. The van der Waals surface area contributed by atoms with Gasteiger partial charge in [-0.3, -0.25) is 0 Å². The van der Waals surface area contributed by atoms with E-state index < -0.39 is 0 Å². The molecule has 0 bridgehead atoms. The lowest BCUT2D eigenvalue weighted by Gasteiger charge is -2.27. The van der Waals surface area contributed by atoms with Crippen LogP contribution in [0.25, 0.3) is 0 Å². The maximum Gasteiger partial charge on any atom is 0.0650 e. The van der Waals surface area contributed by atoms with Crippen LogP contribution in [-0.4, -0.2) is 12.7 Å². The summed E-state index contributed by atoms with van der Waals surface area (Å²) in [4.78, 5) is 0. The van der Waals surface area contributed by atoms with Gasteiger partial charge in [0.2, 0.25) is 0 Å². The number of hydrogen-bond donors (Lipinski definition) is 0. The van der Waals surface area contributed by atoms with E-state index in [0.29, 0.717) is 0 Å². The van der Waals surface area contributed by atoms with Crippen molar-refractivity contribution in [2.75, 3.05) is 7.11 Å². The Morgan fingerprint density at radius 3 is 1.70 bits per heavy atom. The summed E-state index contributed by atoms with van der Waals surface area (Å²) in [6.07, 6.45) is 4.78. The van der Waals surface area contributed by atoms with E-state index in [1.165, 1.54) is 25.7 Å². The van der Waals surface area contributed by atoms with E-state index in [1.807, 2.05) is 7.11 Å². The largest absolute Gasteiger partial charge is 0.379 e. The summed E-state index contributed by atoms with van der Waals surface area (Å²) in [7, 11) is 1.81. The molecule has 0 unspecified atom stereocenters. The van der Waals surface area contributed by atoms with Crippen molar-refractivity contribution in [2.24, 2.45) is 0 Å². The highest BCUT2D eigenvalue weighted by molar-refractivity contribution is 4.72. The molecule has 0 N–H and O–H groups in total. The molecule has 0 rings (SSSR count). The van der Waals surface area contributed by atoms with Gasteiger partial charge in [-0.25, -0.2) is 0 Å². The molecule has 0 spiro atoms. The second-order valence-electron chi connectivity index (χ2n) is 3.15. The number of rotatable bonds is 5. The SMILES string of the molecule is CCCC(C)(CCC)OC. The third-order valence-corrected chi connectivity index (χ3v) is 2.05. The van der Waals surface area contributed by atoms with E-state index in [2.05, 4.69) is 20.8 Å². The van der Waals surface area contributed by atoms with E-state index in [4.69, 9.17) is 4.74 Å². The van der Waals surface area contributed by atoms with Crippen molar-refractivity contribution in [1.29, 1.82) is 0 Å². The predicted octanol–water partition coefficient (Wildman–Crippen LogP) is 2.99. The summed E-state index contributed by atoms with van der Waals surface area (Å²) in [5.74, 6) is 0. The van der Waals surface area contributed by atoms with Crippen LogP contribution in [0.1, 0.15) is 46.5 Å². The van der Waals surface area contributed by atoms with Gasteiger partial charge in [-0.15, -0.1) is 0 Å². The van der Waals surface area contributed by atoms with Crippen molar-refractivity contribution in [3.05, 3.63) is 0 Å². The molecule has 0 amide bonds. The highest BCUT2D eigenvalue weighted by Crippen LogP contribution is 2.22. The van der Waals surface area contributed by atoms with Crippen molar-refractivity contribution >= 4 is 0 Å². The molecule has 0 aromatic rings. The first kappa shape index (κ1) is 9.96. The Bertz CT molecular complexity index is 72.8. The van der Waals surface area contributed by atoms with Crippen LogP contribution in [0.2, 0.25) is 0 Å². The summed E-state index contributed by atoms with van der Waals surface area (Å²) in [6.45, 7) is 6.60. The fourth-order valence-electron chi connectivity index (χ4n) is 1.39. The summed E-state index contributed by atoms with van der Waals surface area (Å²) in [6, 6.07) is 0. The first-order valence-electron chi connectivity index (χ1n) is 4.23. The first-order chi connectivity index (χ1) is 4.68. The van der Waals surface area contributed by atoms with Crippen LogP contribution < -0.4 is 0 Å². The molecule has 1 nitrogen and oxygen atoms in total. The van der Waals surface area contributed by atoms with Crippen LogP contribution in [-0.2, 0) is 4.74 Å². The molecular weight excluding hydrogens is 124 g/mol. The Morgan fingerprint density at radius 2 is 1.50 bits per heavy atom. The number of ether oxygens (including phenoxy) is 1. The second kappa shape index (κ2) is 4.73. The number of methoxy groups -OCH3 is 1. The molecule has 10 heavy (non-hydrogen) atoms. The van der Waals surface area contributed by atoms with Crippen molar-refractivity contribution in [3.8, 4) is 0 Å².